The van der Waals surface area contributed by atoms with Crippen molar-refractivity contribution in [1.82, 2.24) is 0 Å². The molecule has 2 aliphatic carbocycles. The van der Waals surface area contributed by atoms with Crippen LogP contribution in [0.2, 0.25) is 0 Å². The van der Waals surface area contributed by atoms with E-state index in [-0.39, 0.29) is 25.6 Å². The van der Waals surface area contributed by atoms with Crippen LogP contribution in [0.15, 0.2) is 91.0 Å². The Labute approximate surface area is 401 Å². The van der Waals surface area contributed by atoms with Crippen molar-refractivity contribution in [3.63, 3.8) is 0 Å². The summed E-state index contributed by atoms with van der Waals surface area (Å²) in [5.74, 6) is 2.91. The normalized spacial score (nSPS) is 15.8. The van der Waals surface area contributed by atoms with E-state index < -0.39 is 0 Å². The first-order valence-electron chi connectivity index (χ1n) is 24.7. The molecule has 5 aromatic rings. The standard InChI is InChI=1S/C48H71P.C12H10N.Pd/c1-30(2)36-26-41(32(5)6)45(42(27-36)33(7)8)39-22-19-23-40(46-43(34(9)10)28-37(31(3)4)29-44(46)35(11)12)47(39)48(24-17-14-18-25-48)49-38-20-15-13-16-21-38;13-12-9-5-4-8-11(12)10-6-2-1-3-7-10;/h19,22-23,26-35,38,49H,13-18,20-21,24-25H2,1-12H3;1-6,8-9H,13H2;/q;-1;. The monoisotopic (exact) mass is 953 g/mol. The van der Waals surface area contributed by atoms with Crippen molar-refractivity contribution < 1.29 is 20.4 Å². The van der Waals surface area contributed by atoms with Gasteiger partial charge in [0.2, 0.25) is 0 Å². The van der Waals surface area contributed by atoms with Gasteiger partial charge in [0.15, 0.2) is 0 Å². The van der Waals surface area contributed by atoms with Gasteiger partial charge in [0.05, 0.1) is 0 Å². The first-order chi connectivity index (χ1) is 29.6. The molecule has 0 heterocycles. The Bertz CT molecular complexity index is 2060. The fraction of sp³-hybridized carbons (Fsp3) is 0.500. The summed E-state index contributed by atoms with van der Waals surface area (Å²) in [6.45, 7) is 29.0. The number of hydrogen-bond acceptors (Lipinski definition) is 1. The molecule has 0 aliphatic heterocycles. The number of benzene rings is 5. The largest absolute Gasteiger partial charge is 0.406 e. The van der Waals surface area contributed by atoms with E-state index in [1.807, 2.05) is 48.5 Å². The van der Waals surface area contributed by atoms with Crippen LogP contribution in [-0.4, -0.2) is 5.66 Å². The molecule has 1 atom stereocenters. The van der Waals surface area contributed by atoms with Crippen molar-refractivity contribution in [3.05, 3.63) is 136 Å². The minimum absolute atomic E-state index is 0. The maximum Gasteiger partial charge on any atom is 0.0141 e. The van der Waals surface area contributed by atoms with E-state index >= 15 is 0 Å². The summed E-state index contributed by atoms with van der Waals surface area (Å²) in [6.07, 6.45) is 14.0. The van der Waals surface area contributed by atoms with E-state index in [1.165, 1.54) is 75.3 Å². The van der Waals surface area contributed by atoms with Crippen LogP contribution in [0.25, 0.3) is 33.4 Å². The van der Waals surface area contributed by atoms with Crippen molar-refractivity contribution in [3.8, 4) is 33.4 Å². The molecule has 3 heteroatoms. The van der Waals surface area contributed by atoms with E-state index in [4.69, 9.17) is 5.73 Å². The Balaban J connectivity index is 0.000000454. The van der Waals surface area contributed by atoms with Gasteiger partial charge in [-0.2, -0.15) is 0 Å². The second-order valence-electron chi connectivity index (χ2n) is 20.8. The summed E-state index contributed by atoms with van der Waals surface area (Å²) >= 11 is 0. The first kappa shape index (κ1) is 51.0. The van der Waals surface area contributed by atoms with Crippen molar-refractivity contribution >= 4 is 14.3 Å². The molecule has 0 saturated heterocycles. The molecule has 0 radical (unpaired) electrons. The van der Waals surface area contributed by atoms with Gasteiger partial charge in [-0.15, -0.1) is 44.5 Å². The average Bonchev–Trinajstić information content (AvgIpc) is 3.26. The zero-order valence-corrected chi connectivity index (χ0v) is 43.7. The average molecular weight is 954 g/mol. The smallest absolute Gasteiger partial charge is 0.0141 e. The quantitative estimate of drug-likeness (QED) is 0.0573. The molecule has 1 nitrogen and oxygen atoms in total. The van der Waals surface area contributed by atoms with E-state index in [2.05, 4.69) is 132 Å². The molecule has 0 amide bonds. The maximum absolute atomic E-state index is 5.83. The summed E-state index contributed by atoms with van der Waals surface area (Å²) in [7, 11) is 1.01. The van der Waals surface area contributed by atoms with Crippen LogP contribution in [-0.2, 0) is 25.6 Å². The Kier molecular flexibility index (Phi) is 18.6. The van der Waals surface area contributed by atoms with Crippen LogP contribution in [0.3, 0.4) is 0 Å². The zero-order chi connectivity index (χ0) is 44.7. The van der Waals surface area contributed by atoms with E-state index in [9.17, 15) is 0 Å². The Hall–Kier alpha value is -3.01. The third-order valence-corrected chi connectivity index (χ3v) is 16.4. The van der Waals surface area contributed by atoms with Gasteiger partial charge in [-0.3, -0.25) is 0 Å². The van der Waals surface area contributed by atoms with E-state index in [0.29, 0.717) is 35.5 Å². The minimum Gasteiger partial charge on any atom is -0.406 e. The molecule has 342 valence electrons. The first-order valence-corrected chi connectivity index (χ1v) is 25.8. The summed E-state index contributed by atoms with van der Waals surface area (Å²) in [5.41, 5.74) is 26.8. The molecule has 2 fully saturated rings. The van der Waals surface area contributed by atoms with Gasteiger partial charge >= 0.3 is 0 Å². The van der Waals surface area contributed by atoms with Crippen LogP contribution in [0.4, 0.5) is 5.69 Å². The summed E-state index contributed by atoms with van der Waals surface area (Å²) in [5, 5.41) is 0.241. The molecule has 2 N–H and O–H groups in total. The number of rotatable bonds is 12. The second kappa shape index (κ2) is 22.9. The molecule has 5 aromatic carbocycles. The molecular formula is C60H81NPPd-. The Morgan fingerprint density at radius 2 is 0.937 bits per heavy atom. The molecule has 1 unspecified atom stereocenters. The van der Waals surface area contributed by atoms with Gasteiger partial charge < -0.3 is 5.73 Å². The molecule has 63 heavy (non-hydrogen) atoms. The number of hydrogen-bond donors (Lipinski definition) is 1. The van der Waals surface area contributed by atoms with Crippen molar-refractivity contribution in [2.45, 2.75) is 194 Å². The number of para-hydroxylation sites is 1. The van der Waals surface area contributed by atoms with Crippen molar-refractivity contribution in [2.75, 3.05) is 5.73 Å². The topological polar surface area (TPSA) is 26.0 Å². The van der Waals surface area contributed by atoms with Crippen LogP contribution in [0.5, 0.6) is 0 Å². The summed E-state index contributed by atoms with van der Waals surface area (Å²) < 4.78 is 0. The van der Waals surface area contributed by atoms with Crippen LogP contribution >= 0.6 is 8.58 Å². The predicted octanol–water partition coefficient (Wildman–Crippen LogP) is 18.7. The van der Waals surface area contributed by atoms with E-state index in [1.54, 1.807) is 50.1 Å². The molecule has 2 saturated carbocycles. The van der Waals surface area contributed by atoms with Crippen molar-refractivity contribution in [1.29, 1.82) is 0 Å². The SMILES string of the molecule is CC(C)c1cc(C(C)C)c(-c2cccc(-c3c(C(C)C)cc(C(C)C)cc3C(C)C)c2C2(PC3CCCCC3)CCCCC2)c(C(C)C)c1.Nc1ccccc1-c1[c-]cccc1.[Pd]. The second-order valence-corrected chi connectivity index (χ2v) is 22.9. The van der Waals surface area contributed by atoms with Gasteiger partial charge in [-0.05, 0) is 140 Å². The Morgan fingerprint density at radius 3 is 1.35 bits per heavy atom. The molecule has 0 bridgehead atoms. The fourth-order valence-corrected chi connectivity index (χ4v) is 13.1. The predicted molar refractivity (Wildman–Crippen MR) is 277 cm³/mol. The van der Waals surface area contributed by atoms with Crippen LogP contribution in [0.1, 0.15) is 222 Å². The van der Waals surface area contributed by atoms with Crippen LogP contribution < -0.4 is 5.73 Å². The minimum atomic E-state index is 0. The number of anilines is 1. The molecule has 0 spiro atoms. The zero-order valence-electron chi connectivity index (χ0n) is 41.2. The van der Waals surface area contributed by atoms with Gasteiger partial charge in [-0.25, -0.2) is 0 Å². The molecule has 7 rings (SSSR count). The number of nitrogen functional groups attached to an aromatic ring is 1. The summed E-state index contributed by atoms with van der Waals surface area (Å²) in [4.78, 5) is 0. The molecule has 2 aliphatic rings. The Morgan fingerprint density at radius 1 is 0.508 bits per heavy atom. The van der Waals surface area contributed by atoms with Gasteiger partial charge in [-0.1, -0.05) is 188 Å². The fourth-order valence-electron chi connectivity index (χ4n) is 10.6. The third kappa shape index (κ3) is 11.9. The maximum atomic E-state index is 5.83. The van der Waals surface area contributed by atoms with Crippen LogP contribution in [0, 0.1) is 6.07 Å². The summed E-state index contributed by atoms with van der Waals surface area (Å²) in [6, 6.07) is 36.8. The van der Waals surface area contributed by atoms with Gasteiger partial charge in [0, 0.05) is 25.6 Å². The molecular weight excluding hydrogens is 872 g/mol. The third-order valence-electron chi connectivity index (χ3n) is 14.1. The van der Waals surface area contributed by atoms with Crippen molar-refractivity contribution in [2.24, 2.45) is 0 Å². The van der Waals surface area contributed by atoms with E-state index in [0.717, 1.165) is 31.1 Å². The number of nitrogens with two attached hydrogens (primary N) is 1. The van der Waals surface area contributed by atoms with Gasteiger partial charge in [0.25, 0.3) is 0 Å². The van der Waals surface area contributed by atoms with Gasteiger partial charge in [0.1, 0.15) is 0 Å². The molecule has 0 aromatic heterocycles.